The molecule has 8 nitrogen and oxygen atoms in total. The van der Waals surface area contributed by atoms with Crippen molar-refractivity contribution in [1.29, 1.82) is 0 Å². The number of benzene rings is 3. The van der Waals surface area contributed by atoms with Crippen LogP contribution in [0, 0.1) is 0 Å². The quantitative estimate of drug-likeness (QED) is 0.201. The van der Waals surface area contributed by atoms with Crippen LogP contribution in [0.3, 0.4) is 0 Å². The first-order valence-electron chi connectivity index (χ1n) is 11.9. The van der Waals surface area contributed by atoms with E-state index in [1.807, 2.05) is 31.2 Å². The molecule has 1 heterocycles. The summed E-state index contributed by atoms with van der Waals surface area (Å²) in [6.45, 7) is 2.18. The average molecular weight is 554 g/mol. The summed E-state index contributed by atoms with van der Waals surface area (Å²) in [6, 6.07) is 17.7. The first-order chi connectivity index (χ1) is 18.4. The van der Waals surface area contributed by atoms with Crippen LogP contribution in [0.25, 0.3) is 10.9 Å². The van der Waals surface area contributed by atoms with E-state index in [-0.39, 0.29) is 18.0 Å². The number of nitrogens with one attached hydrogen (secondary N) is 1. The maximum atomic E-state index is 13.8. The second kappa shape index (κ2) is 12.2. The van der Waals surface area contributed by atoms with E-state index < -0.39 is 5.25 Å². The van der Waals surface area contributed by atoms with Crippen LogP contribution in [-0.4, -0.2) is 42.0 Å². The van der Waals surface area contributed by atoms with Crippen LogP contribution in [0.15, 0.2) is 70.6 Å². The number of nitrogens with zero attached hydrogens (tertiary/aromatic N) is 2. The van der Waals surface area contributed by atoms with Crippen molar-refractivity contribution in [1.82, 2.24) is 9.55 Å². The summed E-state index contributed by atoms with van der Waals surface area (Å²) in [5.41, 5.74) is 1.73. The maximum absolute atomic E-state index is 13.8. The topological polar surface area (TPSA) is 91.7 Å². The zero-order valence-corrected chi connectivity index (χ0v) is 23.1. The third kappa shape index (κ3) is 6.06. The van der Waals surface area contributed by atoms with Crippen molar-refractivity contribution in [3.8, 4) is 17.2 Å². The lowest BCUT2D eigenvalue weighted by atomic mass is 10.2. The van der Waals surface area contributed by atoms with Gasteiger partial charge in [0.2, 0.25) is 5.91 Å². The van der Waals surface area contributed by atoms with Gasteiger partial charge in [-0.25, -0.2) is 4.98 Å². The van der Waals surface area contributed by atoms with Gasteiger partial charge in [0.25, 0.3) is 5.56 Å². The molecule has 0 aliphatic carbocycles. The number of anilines is 1. The van der Waals surface area contributed by atoms with E-state index in [1.165, 1.54) is 26.0 Å². The summed E-state index contributed by atoms with van der Waals surface area (Å²) in [5.74, 6) is 1.42. The second-order valence-electron chi connectivity index (χ2n) is 8.37. The molecule has 4 rings (SSSR count). The molecule has 198 valence electrons. The minimum Gasteiger partial charge on any atom is -0.497 e. The Balaban J connectivity index is 1.76. The third-order valence-corrected chi connectivity index (χ3v) is 7.55. The molecule has 0 fully saturated rings. The Labute approximate surface area is 229 Å². The molecule has 0 bridgehead atoms. The lowest BCUT2D eigenvalue weighted by molar-refractivity contribution is -0.115. The summed E-state index contributed by atoms with van der Waals surface area (Å²) >= 11 is 7.21. The summed E-state index contributed by atoms with van der Waals surface area (Å²) in [4.78, 5) is 31.8. The number of rotatable bonds is 10. The van der Waals surface area contributed by atoms with Gasteiger partial charge in [0.1, 0.15) is 5.75 Å². The third-order valence-electron chi connectivity index (χ3n) is 5.95. The van der Waals surface area contributed by atoms with Crippen molar-refractivity contribution in [3.05, 3.63) is 81.6 Å². The fraction of sp³-hybridized carbons (Fsp3) is 0.250. The SMILES string of the molecule is CCC(Sc1nc2cc(OC)c(OC)cc2c(=O)n1Cc1ccc(OC)cc1)C(=O)Nc1ccc(Cl)cc1. The van der Waals surface area contributed by atoms with E-state index in [0.717, 1.165) is 5.56 Å². The minimum absolute atomic E-state index is 0.197. The highest BCUT2D eigenvalue weighted by atomic mass is 35.5. The molecular weight excluding hydrogens is 526 g/mol. The van der Waals surface area contributed by atoms with Gasteiger partial charge < -0.3 is 19.5 Å². The first-order valence-corrected chi connectivity index (χ1v) is 13.1. The van der Waals surface area contributed by atoms with Crippen molar-refractivity contribution >= 4 is 45.9 Å². The first kappa shape index (κ1) is 27.3. The van der Waals surface area contributed by atoms with E-state index in [2.05, 4.69) is 5.32 Å². The number of ether oxygens (including phenoxy) is 3. The Hall–Kier alpha value is -3.69. The van der Waals surface area contributed by atoms with Gasteiger partial charge in [-0.3, -0.25) is 14.2 Å². The molecule has 1 atom stereocenters. The van der Waals surface area contributed by atoms with Gasteiger partial charge in [0.15, 0.2) is 16.7 Å². The molecule has 38 heavy (non-hydrogen) atoms. The molecule has 0 saturated heterocycles. The number of fused-ring (bicyclic) bond motifs is 1. The van der Waals surface area contributed by atoms with Crippen LogP contribution in [-0.2, 0) is 11.3 Å². The number of thioether (sulfide) groups is 1. The van der Waals surface area contributed by atoms with E-state index in [0.29, 0.717) is 50.4 Å². The fourth-order valence-corrected chi connectivity index (χ4v) is 5.01. The number of aromatic nitrogens is 2. The monoisotopic (exact) mass is 553 g/mol. The smallest absolute Gasteiger partial charge is 0.262 e. The molecule has 1 unspecified atom stereocenters. The van der Waals surface area contributed by atoms with Gasteiger partial charge in [-0.2, -0.15) is 0 Å². The highest BCUT2D eigenvalue weighted by Crippen LogP contribution is 2.32. The van der Waals surface area contributed by atoms with E-state index in [4.69, 9.17) is 30.8 Å². The van der Waals surface area contributed by atoms with Gasteiger partial charge in [0.05, 0.1) is 44.0 Å². The number of halogens is 1. The zero-order valence-electron chi connectivity index (χ0n) is 21.5. The number of methoxy groups -OCH3 is 3. The lowest BCUT2D eigenvalue weighted by Gasteiger charge is -2.19. The highest BCUT2D eigenvalue weighted by Gasteiger charge is 2.23. The van der Waals surface area contributed by atoms with Crippen molar-refractivity contribution in [2.75, 3.05) is 26.6 Å². The number of hydrogen-bond acceptors (Lipinski definition) is 7. The Morgan fingerprint density at radius 3 is 2.26 bits per heavy atom. The summed E-state index contributed by atoms with van der Waals surface area (Å²) in [7, 11) is 4.64. The standard InChI is InChI=1S/C28H28ClN3O5S/c1-5-25(26(33)30-19-10-8-18(29)9-11-19)38-28-31-22-15-24(37-4)23(36-3)14-21(22)27(34)32(28)16-17-6-12-20(35-2)13-7-17/h6-15,25H,5,16H2,1-4H3,(H,30,33). The van der Waals surface area contributed by atoms with E-state index in [9.17, 15) is 9.59 Å². The van der Waals surface area contributed by atoms with Crippen LogP contribution in [0.2, 0.25) is 5.02 Å². The largest absolute Gasteiger partial charge is 0.497 e. The molecule has 1 aromatic heterocycles. The molecule has 1 amide bonds. The predicted molar refractivity (Wildman–Crippen MR) is 151 cm³/mol. The van der Waals surface area contributed by atoms with Gasteiger partial charge in [0, 0.05) is 16.8 Å². The normalized spacial score (nSPS) is 11.7. The van der Waals surface area contributed by atoms with Crippen LogP contribution in [0.5, 0.6) is 17.2 Å². The summed E-state index contributed by atoms with van der Waals surface area (Å²) < 4.78 is 17.7. The molecule has 4 aromatic rings. The Bertz CT molecular complexity index is 1490. The molecule has 0 radical (unpaired) electrons. The van der Waals surface area contributed by atoms with Crippen LogP contribution in [0.1, 0.15) is 18.9 Å². The van der Waals surface area contributed by atoms with Gasteiger partial charge in [-0.05, 0) is 54.4 Å². The van der Waals surface area contributed by atoms with Crippen molar-refractivity contribution in [2.24, 2.45) is 0 Å². The van der Waals surface area contributed by atoms with E-state index >= 15 is 0 Å². The fourth-order valence-electron chi connectivity index (χ4n) is 3.88. The van der Waals surface area contributed by atoms with Crippen LogP contribution < -0.4 is 25.1 Å². The molecule has 0 spiro atoms. The molecule has 1 N–H and O–H groups in total. The maximum Gasteiger partial charge on any atom is 0.262 e. The Kier molecular flexibility index (Phi) is 8.81. The Morgan fingerprint density at radius 1 is 1.00 bits per heavy atom. The zero-order chi connectivity index (χ0) is 27.2. The minimum atomic E-state index is -0.503. The number of amides is 1. The molecule has 0 aliphatic heterocycles. The summed E-state index contributed by atoms with van der Waals surface area (Å²) in [5, 5.41) is 3.81. The molecular formula is C28H28ClN3O5S. The Morgan fingerprint density at radius 2 is 1.66 bits per heavy atom. The van der Waals surface area contributed by atoms with Crippen molar-refractivity contribution in [3.63, 3.8) is 0 Å². The molecule has 3 aromatic carbocycles. The molecule has 0 aliphatic rings. The van der Waals surface area contributed by atoms with Gasteiger partial charge >= 0.3 is 0 Å². The lowest BCUT2D eigenvalue weighted by Crippen LogP contribution is -2.28. The number of carbonyl (C=O) groups is 1. The number of carbonyl (C=O) groups excluding carboxylic acids is 1. The van der Waals surface area contributed by atoms with Crippen LogP contribution in [0.4, 0.5) is 5.69 Å². The predicted octanol–water partition coefficient (Wildman–Crippen LogP) is 5.63. The van der Waals surface area contributed by atoms with Crippen molar-refractivity contribution < 1.29 is 19.0 Å². The average Bonchev–Trinajstić information content (AvgIpc) is 2.94. The molecule has 10 heteroatoms. The van der Waals surface area contributed by atoms with E-state index in [1.54, 1.807) is 48.1 Å². The summed E-state index contributed by atoms with van der Waals surface area (Å²) in [6.07, 6.45) is 0.520. The highest BCUT2D eigenvalue weighted by molar-refractivity contribution is 8.00. The van der Waals surface area contributed by atoms with Gasteiger partial charge in [-0.15, -0.1) is 0 Å². The molecule has 0 saturated carbocycles. The van der Waals surface area contributed by atoms with Crippen molar-refractivity contribution in [2.45, 2.75) is 30.3 Å². The van der Waals surface area contributed by atoms with Crippen LogP contribution >= 0.6 is 23.4 Å². The second-order valence-corrected chi connectivity index (χ2v) is 9.98. The van der Waals surface area contributed by atoms with Gasteiger partial charge in [-0.1, -0.05) is 42.4 Å². The number of hydrogen-bond donors (Lipinski definition) is 1.